The molecule has 0 spiro atoms. The first kappa shape index (κ1) is 15.1. The first-order valence-electron chi connectivity index (χ1n) is 7.54. The summed E-state index contributed by atoms with van der Waals surface area (Å²) in [6, 6.07) is 8.39. The lowest BCUT2D eigenvalue weighted by Crippen LogP contribution is -2.38. The van der Waals surface area contributed by atoms with Gasteiger partial charge in [-0.05, 0) is 50.2 Å². The Kier molecular flexibility index (Phi) is 6.15. The summed E-state index contributed by atoms with van der Waals surface area (Å²) in [7, 11) is 1.67. The molecule has 2 rings (SSSR count). The second-order valence-corrected chi connectivity index (χ2v) is 5.24. The maximum atomic E-state index is 5.80. The SMILES string of the molecule is CCC1CN(CCOc2ccc(OC)cc2)CCCN1. The molecule has 1 unspecified atom stereocenters. The zero-order chi connectivity index (χ0) is 14.2. The van der Waals surface area contributed by atoms with Crippen molar-refractivity contribution in [2.45, 2.75) is 25.8 Å². The number of benzene rings is 1. The van der Waals surface area contributed by atoms with Crippen molar-refractivity contribution in [2.24, 2.45) is 0 Å². The van der Waals surface area contributed by atoms with Crippen molar-refractivity contribution in [3.8, 4) is 11.5 Å². The van der Waals surface area contributed by atoms with Gasteiger partial charge in [0, 0.05) is 19.1 Å². The Bertz CT molecular complexity index is 381. The Morgan fingerprint density at radius 2 is 2.00 bits per heavy atom. The molecule has 0 bridgehead atoms. The van der Waals surface area contributed by atoms with E-state index in [0.717, 1.165) is 44.3 Å². The molecule has 0 amide bonds. The number of methoxy groups -OCH3 is 1. The molecule has 1 fully saturated rings. The molecule has 1 aliphatic rings. The van der Waals surface area contributed by atoms with E-state index in [0.29, 0.717) is 6.04 Å². The topological polar surface area (TPSA) is 33.7 Å². The monoisotopic (exact) mass is 278 g/mol. The van der Waals surface area contributed by atoms with Gasteiger partial charge in [0.2, 0.25) is 0 Å². The quantitative estimate of drug-likeness (QED) is 0.864. The van der Waals surface area contributed by atoms with Crippen LogP contribution in [0.4, 0.5) is 0 Å². The summed E-state index contributed by atoms with van der Waals surface area (Å²) in [4.78, 5) is 2.50. The molecule has 1 aromatic rings. The maximum Gasteiger partial charge on any atom is 0.119 e. The second kappa shape index (κ2) is 8.12. The van der Waals surface area contributed by atoms with Gasteiger partial charge in [-0.25, -0.2) is 0 Å². The minimum Gasteiger partial charge on any atom is -0.497 e. The molecule has 0 aromatic heterocycles. The molecule has 1 heterocycles. The van der Waals surface area contributed by atoms with Crippen molar-refractivity contribution in [3.05, 3.63) is 24.3 Å². The first-order chi connectivity index (χ1) is 9.81. The molecule has 1 saturated heterocycles. The third kappa shape index (κ3) is 4.69. The Labute approximate surface area is 122 Å². The Morgan fingerprint density at radius 3 is 2.70 bits per heavy atom. The van der Waals surface area contributed by atoms with E-state index in [9.17, 15) is 0 Å². The normalized spacial score (nSPS) is 20.4. The van der Waals surface area contributed by atoms with Gasteiger partial charge in [-0.1, -0.05) is 6.92 Å². The molecule has 1 aliphatic heterocycles. The van der Waals surface area contributed by atoms with E-state index in [1.54, 1.807) is 7.11 Å². The highest BCUT2D eigenvalue weighted by atomic mass is 16.5. The molecular weight excluding hydrogens is 252 g/mol. The summed E-state index contributed by atoms with van der Waals surface area (Å²) in [6.07, 6.45) is 2.41. The number of nitrogens with one attached hydrogen (secondary N) is 1. The van der Waals surface area contributed by atoms with Crippen LogP contribution >= 0.6 is 0 Å². The van der Waals surface area contributed by atoms with Crippen LogP contribution < -0.4 is 14.8 Å². The molecule has 1 atom stereocenters. The van der Waals surface area contributed by atoms with Gasteiger partial charge in [0.1, 0.15) is 18.1 Å². The van der Waals surface area contributed by atoms with Gasteiger partial charge < -0.3 is 14.8 Å². The standard InChI is InChI=1S/C16H26N2O2/c1-3-14-13-18(10-4-9-17-14)11-12-20-16-7-5-15(19-2)6-8-16/h5-8,14,17H,3-4,9-13H2,1-2H3. The largest absolute Gasteiger partial charge is 0.497 e. The summed E-state index contributed by atoms with van der Waals surface area (Å²) in [6.45, 7) is 7.40. The number of nitrogens with zero attached hydrogens (tertiary/aromatic N) is 1. The maximum absolute atomic E-state index is 5.80. The molecule has 4 nitrogen and oxygen atoms in total. The highest BCUT2D eigenvalue weighted by Crippen LogP contribution is 2.16. The molecule has 112 valence electrons. The fourth-order valence-electron chi connectivity index (χ4n) is 2.52. The summed E-state index contributed by atoms with van der Waals surface area (Å²) in [5.41, 5.74) is 0. The number of ether oxygens (including phenoxy) is 2. The fourth-order valence-corrected chi connectivity index (χ4v) is 2.52. The Hall–Kier alpha value is -1.26. The molecule has 0 aliphatic carbocycles. The molecule has 0 radical (unpaired) electrons. The summed E-state index contributed by atoms with van der Waals surface area (Å²) in [5.74, 6) is 1.77. The average Bonchev–Trinajstić information content (AvgIpc) is 2.73. The van der Waals surface area contributed by atoms with Crippen LogP contribution in [0, 0.1) is 0 Å². The zero-order valence-corrected chi connectivity index (χ0v) is 12.6. The van der Waals surface area contributed by atoms with Crippen molar-refractivity contribution in [1.29, 1.82) is 0 Å². The third-order valence-corrected chi connectivity index (χ3v) is 3.79. The van der Waals surface area contributed by atoms with Crippen LogP contribution in [0.5, 0.6) is 11.5 Å². The van der Waals surface area contributed by atoms with Crippen LogP contribution in [0.15, 0.2) is 24.3 Å². The van der Waals surface area contributed by atoms with E-state index < -0.39 is 0 Å². The van der Waals surface area contributed by atoms with Crippen molar-refractivity contribution in [1.82, 2.24) is 10.2 Å². The van der Waals surface area contributed by atoms with Crippen LogP contribution in [-0.2, 0) is 0 Å². The van der Waals surface area contributed by atoms with E-state index in [1.165, 1.54) is 12.8 Å². The summed E-state index contributed by atoms with van der Waals surface area (Å²) >= 11 is 0. The predicted octanol–water partition coefficient (Wildman–Crippen LogP) is 2.15. The lowest BCUT2D eigenvalue weighted by atomic mass is 10.2. The molecule has 0 saturated carbocycles. The van der Waals surface area contributed by atoms with Crippen LogP contribution in [-0.4, -0.2) is 50.8 Å². The van der Waals surface area contributed by atoms with E-state index in [1.807, 2.05) is 24.3 Å². The van der Waals surface area contributed by atoms with Crippen molar-refractivity contribution >= 4 is 0 Å². The Balaban J connectivity index is 1.73. The van der Waals surface area contributed by atoms with Gasteiger partial charge in [0.05, 0.1) is 7.11 Å². The summed E-state index contributed by atoms with van der Waals surface area (Å²) in [5, 5.41) is 3.59. The minimum atomic E-state index is 0.624. The number of hydrogen-bond acceptors (Lipinski definition) is 4. The lowest BCUT2D eigenvalue weighted by Gasteiger charge is -2.23. The van der Waals surface area contributed by atoms with Crippen molar-refractivity contribution in [3.63, 3.8) is 0 Å². The third-order valence-electron chi connectivity index (χ3n) is 3.79. The molecule has 1 aromatic carbocycles. The zero-order valence-electron chi connectivity index (χ0n) is 12.6. The van der Waals surface area contributed by atoms with Crippen molar-refractivity contribution < 1.29 is 9.47 Å². The predicted molar refractivity (Wildman–Crippen MR) is 81.6 cm³/mol. The van der Waals surface area contributed by atoms with E-state index in [2.05, 4.69) is 17.1 Å². The minimum absolute atomic E-state index is 0.624. The Morgan fingerprint density at radius 1 is 1.25 bits per heavy atom. The summed E-state index contributed by atoms with van der Waals surface area (Å²) < 4.78 is 10.9. The molecule has 1 N–H and O–H groups in total. The number of hydrogen-bond donors (Lipinski definition) is 1. The average molecular weight is 278 g/mol. The van der Waals surface area contributed by atoms with E-state index in [-0.39, 0.29) is 0 Å². The van der Waals surface area contributed by atoms with E-state index in [4.69, 9.17) is 9.47 Å². The van der Waals surface area contributed by atoms with Gasteiger partial charge in [0.15, 0.2) is 0 Å². The van der Waals surface area contributed by atoms with Crippen LogP contribution in [0.1, 0.15) is 19.8 Å². The highest BCUT2D eigenvalue weighted by molar-refractivity contribution is 5.31. The molecule has 4 heteroatoms. The van der Waals surface area contributed by atoms with Crippen molar-refractivity contribution in [2.75, 3.05) is 39.9 Å². The molecule has 20 heavy (non-hydrogen) atoms. The van der Waals surface area contributed by atoms with Gasteiger partial charge in [-0.15, -0.1) is 0 Å². The van der Waals surface area contributed by atoms with Gasteiger partial charge in [-0.3, -0.25) is 4.90 Å². The second-order valence-electron chi connectivity index (χ2n) is 5.24. The number of rotatable bonds is 6. The van der Waals surface area contributed by atoms with Gasteiger partial charge in [-0.2, -0.15) is 0 Å². The van der Waals surface area contributed by atoms with E-state index >= 15 is 0 Å². The van der Waals surface area contributed by atoms with Crippen LogP contribution in [0.2, 0.25) is 0 Å². The van der Waals surface area contributed by atoms with Gasteiger partial charge in [0.25, 0.3) is 0 Å². The fraction of sp³-hybridized carbons (Fsp3) is 0.625. The van der Waals surface area contributed by atoms with Crippen LogP contribution in [0.3, 0.4) is 0 Å². The molecular formula is C16H26N2O2. The first-order valence-corrected chi connectivity index (χ1v) is 7.54. The smallest absolute Gasteiger partial charge is 0.119 e. The highest BCUT2D eigenvalue weighted by Gasteiger charge is 2.15. The van der Waals surface area contributed by atoms with Gasteiger partial charge >= 0.3 is 0 Å². The van der Waals surface area contributed by atoms with Crippen LogP contribution in [0.25, 0.3) is 0 Å². The lowest BCUT2D eigenvalue weighted by molar-refractivity contribution is 0.205.